The molecule has 7 heteroatoms. The summed E-state index contributed by atoms with van der Waals surface area (Å²) in [7, 11) is 1.53. The number of anilines is 1. The number of carbonyl (C=O) groups is 2. The molecule has 0 fully saturated rings. The number of ether oxygens (including phenoxy) is 2. The van der Waals surface area contributed by atoms with Crippen LogP contribution in [0.4, 0.5) is 10.6 Å². The highest BCUT2D eigenvalue weighted by Crippen LogP contribution is 2.31. The van der Waals surface area contributed by atoms with E-state index < -0.39 is 11.7 Å². The summed E-state index contributed by atoms with van der Waals surface area (Å²) in [4.78, 5) is 34.2. The Balaban J connectivity index is 2.02. The van der Waals surface area contributed by atoms with Crippen LogP contribution in [0.5, 0.6) is 5.75 Å². The van der Waals surface area contributed by atoms with Crippen molar-refractivity contribution < 1.29 is 19.1 Å². The molecular formula is C24H25N3O4. The molecule has 0 radical (unpaired) electrons. The Morgan fingerprint density at radius 2 is 1.81 bits per heavy atom. The van der Waals surface area contributed by atoms with Gasteiger partial charge in [0.05, 0.1) is 19.3 Å². The van der Waals surface area contributed by atoms with Gasteiger partial charge in [-0.3, -0.25) is 9.69 Å². The number of hydrogen-bond donors (Lipinski definition) is 0. The number of nitrogens with zero attached hydrogens (tertiary/aromatic N) is 3. The molecule has 0 aliphatic heterocycles. The lowest BCUT2D eigenvalue weighted by Gasteiger charge is -2.27. The molecule has 0 N–H and O–H groups in total. The van der Waals surface area contributed by atoms with Crippen LogP contribution in [0.1, 0.15) is 36.7 Å². The predicted octanol–water partition coefficient (Wildman–Crippen LogP) is 4.91. The summed E-state index contributed by atoms with van der Waals surface area (Å²) in [6.45, 7) is 5.73. The summed E-state index contributed by atoms with van der Waals surface area (Å²) in [6, 6.07) is 16.4. The standard InChI is InChI=1S/C24H25N3O4/c1-24(2,3)31-23(29)27(14-17-8-6-5-7-9-17)22-13-20(25-16-26-22)19-11-10-18(15-28)12-21(19)30-4/h5-13,15-16H,14H2,1-4H3. The highest BCUT2D eigenvalue weighted by atomic mass is 16.6. The molecule has 7 nitrogen and oxygen atoms in total. The quantitative estimate of drug-likeness (QED) is 0.528. The Labute approximate surface area is 181 Å². The second-order valence-electron chi connectivity index (χ2n) is 7.89. The van der Waals surface area contributed by atoms with Crippen LogP contribution in [0.2, 0.25) is 0 Å². The lowest BCUT2D eigenvalue weighted by atomic mass is 10.1. The van der Waals surface area contributed by atoms with Gasteiger partial charge in [-0.1, -0.05) is 36.4 Å². The smallest absolute Gasteiger partial charge is 0.416 e. The topological polar surface area (TPSA) is 81.6 Å². The predicted molar refractivity (Wildman–Crippen MR) is 118 cm³/mol. The third kappa shape index (κ3) is 5.66. The minimum absolute atomic E-state index is 0.285. The van der Waals surface area contributed by atoms with Gasteiger partial charge >= 0.3 is 6.09 Å². The zero-order chi connectivity index (χ0) is 22.4. The minimum atomic E-state index is -0.657. The molecular weight excluding hydrogens is 394 g/mol. The van der Waals surface area contributed by atoms with E-state index in [1.165, 1.54) is 18.3 Å². The number of methoxy groups -OCH3 is 1. The van der Waals surface area contributed by atoms with Crippen LogP contribution in [-0.4, -0.2) is 35.1 Å². The summed E-state index contributed by atoms with van der Waals surface area (Å²) in [5.41, 5.74) is 2.01. The average molecular weight is 419 g/mol. The van der Waals surface area contributed by atoms with Gasteiger partial charge in [-0.15, -0.1) is 0 Å². The van der Waals surface area contributed by atoms with Crippen LogP contribution in [0, 0.1) is 0 Å². The Morgan fingerprint density at radius 1 is 1.06 bits per heavy atom. The Morgan fingerprint density at radius 3 is 2.45 bits per heavy atom. The number of aromatic nitrogens is 2. The summed E-state index contributed by atoms with van der Waals surface area (Å²) in [5, 5.41) is 0. The van der Waals surface area contributed by atoms with Crippen LogP contribution < -0.4 is 9.64 Å². The first kappa shape index (κ1) is 22.0. The lowest BCUT2D eigenvalue weighted by Crippen LogP contribution is -2.37. The van der Waals surface area contributed by atoms with Crippen molar-refractivity contribution in [3.05, 3.63) is 72.1 Å². The maximum atomic E-state index is 13.0. The van der Waals surface area contributed by atoms with E-state index >= 15 is 0 Å². The molecule has 1 heterocycles. The van der Waals surface area contributed by atoms with Crippen LogP contribution >= 0.6 is 0 Å². The number of benzene rings is 2. The highest BCUT2D eigenvalue weighted by Gasteiger charge is 2.25. The van der Waals surface area contributed by atoms with E-state index in [1.807, 2.05) is 51.1 Å². The molecule has 1 aromatic heterocycles. The van der Waals surface area contributed by atoms with Crippen molar-refractivity contribution in [1.82, 2.24) is 9.97 Å². The second kappa shape index (κ2) is 9.38. The SMILES string of the molecule is COc1cc(C=O)ccc1-c1cc(N(Cc2ccccc2)C(=O)OC(C)(C)C)ncn1. The Kier molecular flexibility index (Phi) is 6.65. The van der Waals surface area contributed by atoms with E-state index in [2.05, 4.69) is 9.97 Å². The first-order valence-electron chi connectivity index (χ1n) is 9.81. The largest absolute Gasteiger partial charge is 0.496 e. The molecule has 31 heavy (non-hydrogen) atoms. The Hall–Kier alpha value is -3.74. The van der Waals surface area contributed by atoms with Gasteiger partial charge in [-0.05, 0) is 38.5 Å². The van der Waals surface area contributed by atoms with E-state index in [0.29, 0.717) is 28.4 Å². The van der Waals surface area contributed by atoms with Crippen LogP contribution in [0.3, 0.4) is 0 Å². The van der Waals surface area contributed by atoms with Crippen molar-refractivity contribution in [2.45, 2.75) is 32.9 Å². The first-order chi connectivity index (χ1) is 14.8. The molecule has 0 aliphatic rings. The third-order valence-corrected chi connectivity index (χ3v) is 4.36. The van der Waals surface area contributed by atoms with Crippen molar-refractivity contribution >= 4 is 18.2 Å². The normalized spacial score (nSPS) is 11.0. The summed E-state index contributed by atoms with van der Waals surface area (Å²) in [5.74, 6) is 0.894. The Bertz CT molecular complexity index is 1060. The number of hydrogen-bond acceptors (Lipinski definition) is 6. The van der Waals surface area contributed by atoms with Crippen LogP contribution in [0.15, 0.2) is 60.9 Å². The minimum Gasteiger partial charge on any atom is -0.496 e. The molecule has 2 aromatic carbocycles. The molecule has 0 unspecified atom stereocenters. The zero-order valence-corrected chi connectivity index (χ0v) is 18.0. The van der Waals surface area contributed by atoms with Crippen LogP contribution in [-0.2, 0) is 11.3 Å². The van der Waals surface area contributed by atoms with Crippen LogP contribution in [0.25, 0.3) is 11.3 Å². The van der Waals surface area contributed by atoms with Gasteiger partial charge in [0.2, 0.25) is 0 Å². The number of carbonyl (C=O) groups excluding carboxylic acids is 2. The molecule has 0 spiro atoms. The van der Waals surface area contributed by atoms with Crippen molar-refractivity contribution in [1.29, 1.82) is 0 Å². The molecule has 0 atom stereocenters. The van der Waals surface area contributed by atoms with Crippen molar-refractivity contribution in [3.63, 3.8) is 0 Å². The first-order valence-corrected chi connectivity index (χ1v) is 9.81. The van der Waals surface area contributed by atoms with Gasteiger partial charge in [0.1, 0.15) is 29.8 Å². The molecule has 0 aliphatic carbocycles. The molecule has 3 aromatic rings. The maximum Gasteiger partial charge on any atom is 0.416 e. The summed E-state index contributed by atoms with van der Waals surface area (Å²) < 4.78 is 11.0. The van der Waals surface area contributed by atoms with Crippen molar-refractivity contribution in [3.8, 4) is 17.0 Å². The maximum absolute atomic E-state index is 13.0. The fourth-order valence-corrected chi connectivity index (χ4v) is 2.96. The summed E-state index contributed by atoms with van der Waals surface area (Å²) in [6.07, 6.45) is 1.63. The molecule has 160 valence electrons. The third-order valence-electron chi connectivity index (χ3n) is 4.36. The number of aldehydes is 1. The average Bonchev–Trinajstić information content (AvgIpc) is 2.76. The molecule has 0 saturated heterocycles. The second-order valence-corrected chi connectivity index (χ2v) is 7.89. The van der Waals surface area contributed by atoms with E-state index in [1.54, 1.807) is 24.3 Å². The fraction of sp³-hybridized carbons (Fsp3) is 0.250. The van der Waals surface area contributed by atoms with E-state index in [-0.39, 0.29) is 6.54 Å². The van der Waals surface area contributed by atoms with Gasteiger partial charge in [0.25, 0.3) is 0 Å². The summed E-state index contributed by atoms with van der Waals surface area (Å²) >= 11 is 0. The van der Waals surface area contributed by atoms with Gasteiger partial charge < -0.3 is 9.47 Å². The molecule has 0 saturated carbocycles. The van der Waals surface area contributed by atoms with E-state index in [9.17, 15) is 9.59 Å². The number of rotatable bonds is 6. The van der Waals surface area contributed by atoms with Crippen molar-refractivity contribution in [2.24, 2.45) is 0 Å². The highest BCUT2D eigenvalue weighted by molar-refractivity contribution is 5.87. The molecule has 0 bridgehead atoms. The molecule has 3 rings (SSSR count). The van der Waals surface area contributed by atoms with E-state index in [0.717, 1.165) is 11.8 Å². The van der Waals surface area contributed by atoms with Gasteiger partial charge in [-0.25, -0.2) is 14.8 Å². The van der Waals surface area contributed by atoms with E-state index in [4.69, 9.17) is 9.47 Å². The lowest BCUT2D eigenvalue weighted by molar-refractivity contribution is 0.0576. The van der Waals surface area contributed by atoms with Gasteiger partial charge in [0.15, 0.2) is 0 Å². The fourth-order valence-electron chi connectivity index (χ4n) is 2.96. The van der Waals surface area contributed by atoms with Crippen molar-refractivity contribution in [2.75, 3.05) is 12.0 Å². The zero-order valence-electron chi connectivity index (χ0n) is 18.0. The van der Waals surface area contributed by atoms with Gasteiger partial charge in [-0.2, -0.15) is 0 Å². The number of amides is 1. The van der Waals surface area contributed by atoms with Gasteiger partial charge in [0, 0.05) is 17.2 Å². The monoisotopic (exact) mass is 419 g/mol. The molecule has 1 amide bonds.